The normalized spacial score (nSPS) is 12.1. The monoisotopic (exact) mass is 332 g/mol. The van der Waals surface area contributed by atoms with Gasteiger partial charge in [-0.05, 0) is 38.1 Å². The lowest BCUT2D eigenvalue weighted by molar-refractivity contribution is 0.0895. The van der Waals surface area contributed by atoms with Crippen LogP contribution in [0.1, 0.15) is 35.1 Å². The first-order valence-corrected chi connectivity index (χ1v) is 7.24. The fourth-order valence-electron chi connectivity index (χ4n) is 1.93. The predicted molar refractivity (Wildman–Crippen MR) is 81.9 cm³/mol. The minimum atomic E-state index is -0.471. The zero-order valence-corrected chi connectivity index (χ0v) is 13.2. The number of nitrogens with zero attached hydrogens (tertiary/aromatic N) is 3. The van der Waals surface area contributed by atoms with Crippen molar-refractivity contribution in [3.05, 3.63) is 52.7 Å². The predicted octanol–water partition coefficient (Wildman–Crippen LogP) is 3.18. The summed E-state index contributed by atoms with van der Waals surface area (Å²) in [6.45, 7) is 3.47. The number of aromatic nitrogens is 3. The smallest absolute Gasteiger partial charge is 0.290 e. The van der Waals surface area contributed by atoms with Crippen LogP contribution in [0.15, 0.2) is 39.4 Å². The van der Waals surface area contributed by atoms with E-state index in [1.165, 1.54) is 0 Å². The van der Waals surface area contributed by atoms with Crippen LogP contribution < -0.4 is 5.32 Å². The van der Waals surface area contributed by atoms with Crippen molar-refractivity contribution in [1.82, 2.24) is 20.6 Å². The van der Waals surface area contributed by atoms with E-state index >= 15 is 0 Å². The number of aryl methyl sites for hydroxylation is 1. The molecule has 3 aromatic rings. The van der Waals surface area contributed by atoms with E-state index in [-0.39, 0.29) is 5.76 Å². The molecular formula is C15H13ClN4O3. The van der Waals surface area contributed by atoms with Gasteiger partial charge in [-0.3, -0.25) is 4.79 Å². The van der Waals surface area contributed by atoms with Gasteiger partial charge >= 0.3 is 0 Å². The van der Waals surface area contributed by atoms with Crippen LogP contribution in [0.25, 0.3) is 11.4 Å². The largest absolute Gasteiger partial charge is 0.351 e. The quantitative estimate of drug-likeness (QED) is 0.788. The highest BCUT2D eigenvalue weighted by atomic mass is 35.5. The van der Waals surface area contributed by atoms with E-state index in [1.807, 2.05) is 0 Å². The van der Waals surface area contributed by atoms with Crippen LogP contribution in [0.3, 0.4) is 0 Å². The molecule has 0 aliphatic heterocycles. The zero-order valence-electron chi connectivity index (χ0n) is 12.4. The summed E-state index contributed by atoms with van der Waals surface area (Å²) < 4.78 is 10.1. The average Bonchev–Trinajstić information content (AvgIpc) is 3.17. The molecule has 8 heteroatoms. The molecule has 0 unspecified atom stereocenters. The summed E-state index contributed by atoms with van der Waals surface area (Å²) in [5.74, 6) is 0.448. The third kappa shape index (κ3) is 3.40. The molecule has 2 heterocycles. The third-order valence-electron chi connectivity index (χ3n) is 3.11. The molecular weight excluding hydrogens is 320 g/mol. The number of carbonyl (C=O) groups excluding carboxylic acids is 1. The molecule has 3 rings (SSSR count). The average molecular weight is 333 g/mol. The second kappa shape index (κ2) is 6.21. The zero-order chi connectivity index (χ0) is 16.4. The van der Waals surface area contributed by atoms with Gasteiger partial charge in [-0.25, -0.2) is 0 Å². The van der Waals surface area contributed by atoms with Crippen molar-refractivity contribution in [3.8, 4) is 11.4 Å². The molecule has 1 N–H and O–H groups in total. The molecule has 0 aliphatic rings. The number of hydrogen-bond acceptors (Lipinski definition) is 6. The summed E-state index contributed by atoms with van der Waals surface area (Å²) in [6, 6.07) is 8.14. The van der Waals surface area contributed by atoms with Crippen LogP contribution in [0.5, 0.6) is 0 Å². The number of halogens is 1. The van der Waals surface area contributed by atoms with Gasteiger partial charge in [0, 0.05) is 16.7 Å². The molecule has 7 nitrogen and oxygen atoms in total. The van der Waals surface area contributed by atoms with E-state index in [2.05, 4.69) is 20.6 Å². The maximum absolute atomic E-state index is 12.0. The Kier molecular flexibility index (Phi) is 4.12. The van der Waals surface area contributed by atoms with Crippen LogP contribution in [-0.2, 0) is 0 Å². The summed E-state index contributed by atoms with van der Waals surface area (Å²) in [6.07, 6.45) is 0. The Morgan fingerprint density at radius 3 is 2.61 bits per heavy atom. The van der Waals surface area contributed by atoms with Crippen molar-refractivity contribution < 1.29 is 13.8 Å². The lowest BCUT2D eigenvalue weighted by atomic mass is 10.2. The fourth-order valence-corrected chi connectivity index (χ4v) is 2.05. The molecule has 23 heavy (non-hydrogen) atoms. The Hall–Kier alpha value is -2.67. The Bertz CT molecular complexity index is 825. The highest BCUT2D eigenvalue weighted by molar-refractivity contribution is 6.30. The molecule has 0 saturated heterocycles. The molecule has 1 amide bonds. The van der Waals surface area contributed by atoms with Crippen molar-refractivity contribution in [3.63, 3.8) is 0 Å². The van der Waals surface area contributed by atoms with Gasteiger partial charge in [0.05, 0.1) is 5.69 Å². The van der Waals surface area contributed by atoms with E-state index < -0.39 is 11.9 Å². The van der Waals surface area contributed by atoms with Crippen LogP contribution in [0, 0.1) is 6.92 Å². The Labute approximate surface area is 136 Å². The van der Waals surface area contributed by atoms with Gasteiger partial charge < -0.3 is 14.4 Å². The molecule has 0 aliphatic carbocycles. The van der Waals surface area contributed by atoms with E-state index in [0.29, 0.717) is 22.4 Å². The van der Waals surface area contributed by atoms with Crippen molar-refractivity contribution in [2.24, 2.45) is 0 Å². The minimum absolute atomic E-state index is 0.131. The number of nitrogens with one attached hydrogen (secondary N) is 1. The second-order valence-corrected chi connectivity index (χ2v) is 5.43. The fraction of sp³-hybridized carbons (Fsp3) is 0.200. The van der Waals surface area contributed by atoms with Gasteiger partial charge in [0.1, 0.15) is 6.04 Å². The summed E-state index contributed by atoms with van der Waals surface area (Å²) in [5, 5.41) is 10.9. The summed E-state index contributed by atoms with van der Waals surface area (Å²) in [4.78, 5) is 16.3. The van der Waals surface area contributed by atoms with E-state index in [1.54, 1.807) is 44.2 Å². The van der Waals surface area contributed by atoms with Gasteiger partial charge in [0.25, 0.3) is 5.91 Å². The van der Waals surface area contributed by atoms with Crippen molar-refractivity contribution in [1.29, 1.82) is 0 Å². The lowest BCUT2D eigenvalue weighted by Gasteiger charge is -2.07. The van der Waals surface area contributed by atoms with Gasteiger partial charge in [0.2, 0.25) is 17.5 Å². The number of rotatable bonds is 4. The van der Waals surface area contributed by atoms with Gasteiger partial charge in [0.15, 0.2) is 0 Å². The standard InChI is InChI=1S/C15H13ClN4O3/c1-8-7-12(22-19-8)14(21)17-9(2)15-18-13(20-23-15)10-3-5-11(16)6-4-10/h3-7,9H,1-2H3,(H,17,21)/t9-/m1/s1. The maximum Gasteiger partial charge on any atom is 0.290 e. The summed E-state index contributed by atoms with van der Waals surface area (Å²) in [5.41, 5.74) is 1.40. The van der Waals surface area contributed by atoms with Gasteiger partial charge in [-0.1, -0.05) is 21.9 Å². The van der Waals surface area contributed by atoms with Crippen LogP contribution in [0.2, 0.25) is 5.02 Å². The van der Waals surface area contributed by atoms with E-state index in [4.69, 9.17) is 20.6 Å². The number of hydrogen-bond donors (Lipinski definition) is 1. The van der Waals surface area contributed by atoms with Crippen molar-refractivity contribution in [2.45, 2.75) is 19.9 Å². The molecule has 0 fully saturated rings. The van der Waals surface area contributed by atoms with Crippen LogP contribution in [-0.4, -0.2) is 21.2 Å². The molecule has 1 aromatic carbocycles. The molecule has 0 spiro atoms. The van der Waals surface area contributed by atoms with Gasteiger partial charge in [-0.15, -0.1) is 0 Å². The van der Waals surface area contributed by atoms with Crippen molar-refractivity contribution >= 4 is 17.5 Å². The highest BCUT2D eigenvalue weighted by Gasteiger charge is 2.20. The SMILES string of the molecule is Cc1cc(C(=O)N[C@H](C)c2nc(-c3ccc(Cl)cc3)no2)on1. The molecule has 0 bridgehead atoms. The number of carbonyl (C=O) groups is 1. The molecule has 1 atom stereocenters. The Morgan fingerprint density at radius 1 is 1.22 bits per heavy atom. The number of benzene rings is 1. The Balaban J connectivity index is 1.72. The molecule has 2 aromatic heterocycles. The molecule has 118 valence electrons. The Morgan fingerprint density at radius 2 is 1.96 bits per heavy atom. The summed E-state index contributed by atoms with van der Waals surface area (Å²) in [7, 11) is 0. The highest BCUT2D eigenvalue weighted by Crippen LogP contribution is 2.20. The molecule has 0 radical (unpaired) electrons. The third-order valence-corrected chi connectivity index (χ3v) is 3.37. The maximum atomic E-state index is 12.0. The minimum Gasteiger partial charge on any atom is -0.351 e. The van der Waals surface area contributed by atoms with Crippen LogP contribution >= 0.6 is 11.6 Å². The number of amides is 1. The first-order valence-electron chi connectivity index (χ1n) is 6.86. The molecule has 0 saturated carbocycles. The lowest BCUT2D eigenvalue weighted by Crippen LogP contribution is -2.26. The second-order valence-electron chi connectivity index (χ2n) is 4.99. The van der Waals surface area contributed by atoms with E-state index in [9.17, 15) is 4.79 Å². The summed E-state index contributed by atoms with van der Waals surface area (Å²) >= 11 is 5.85. The van der Waals surface area contributed by atoms with Crippen LogP contribution in [0.4, 0.5) is 0 Å². The first kappa shape index (κ1) is 15.2. The van der Waals surface area contributed by atoms with Gasteiger partial charge in [-0.2, -0.15) is 4.98 Å². The first-order chi connectivity index (χ1) is 11.0. The van der Waals surface area contributed by atoms with Crippen molar-refractivity contribution in [2.75, 3.05) is 0 Å². The topological polar surface area (TPSA) is 94.1 Å². The van der Waals surface area contributed by atoms with E-state index in [0.717, 1.165) is 5.56 Å².